The first-order valence-electron chi connectivity index (χ1n) is 6.83. The van der Waals surface area contributed by atoms with Crippen LogP contribution in [0.5, 0.6) is 0 Å². The first kappa shape index (κ1) is 12.1. The second-order valence-electron chi connectivity index (χ2n) is 5.40. The van der Waals surface area contributed by atoms with Crippen molar-refractivity contribution in [3.63, 3.8) is 0 Å². The van der Waals surface area contributed by atoms with Gasteiger partial charge in [-0.15, -0.1) is 0 Å². The zero-order valence-electron chi connectivity index (χ0n) is 10.8. The minimum atomic E-state index is 0.340. The van der Waals surface area contributed by atoms with Crippen LogP contribution in [0.15, 0.2) is 35.3 Å². The average molecular weight is 260 g/mol. The van der Waals surface area contributed by atoms with E-state index in [1.165, 1.54) is 24.8 Å². The zero-order chi connectivity index (χ0) is 12.4. The van der Waals surface area contributed by atoms with Crippen LogP contribution in [0, 0.1) is 5.92 Å². The van der Waals surface area contributed by atoms with Gasteiger partial charge in [-0.05, 0) is 24.8 Å². The summed E-state index contributed by atoms with van der Waals surface area (Å²) in [5.74, 6) is 2.05. The van der Waals surface area contributed by atoms with Crippen LogP contribution in [0.3, 0.4) is 0 Å². The van der Waals surface area contributed by atoms with Gasteiger partial charge in [-0.1, -0.05) is 54.9 Å². The molecule has 96 valence electrons. The van der Waals surface area contributed by atoms with Crippen LogP contribution in [0.4, 0.5) is 0 Å². The van der Waals surface area contributed by atoms with E-state index in [4.69, 9.17) is 4.99 Å². The SMILES string of the molecule is CC(CC1CC1)NC1=NC(c2ccccc2)CS1. The summed E-state index contributed by atoms with van der Waals surface area (Å²) in [6.07, 6.45) is 4.16. The van der Waals surface area contributed by atoms with E-state index in [9.17, 15) is 0 Å². The Morgan fingerprint density at radius 1 is 1.33 bits per heavy atom. The molecule has 2 atom stereocenters. The quantitative estimate of drug-likeness (QED) is 0.894. The Kier molecular flexibility index (Phi) is 3.59. The Labute approximate surface area is 113 Å². The van der Waals surface area contributed by atoms with E-state index in [2.05, 4.69) is 42.6 Å². The molecular formula is C15H20N2S. The summed E-state index contributed by atoms with van der Waals surface area (Å²) in [5, 5.41) is 4.70. The molecule has 0 amide bonds. The van der Waals surface area contributed by atoms with Crippen molar-refractivity contribution in [3.8, 4) is 0 Å². The molecule has 0 aromatic heterocycles. The molecule has 2 nitrogen and oxygen atoms in total. The summed E-state index contributed by atoms with van der Waals surface area (Å²) in [6, 6.07) is 11.5. The number of rotatable bonds is 4. The molecule has 3 rings (SSSR count). The predicted molar refractivity (Wildman–Crippen MR) is 79.0 cm³/mol. The molecule has 2 unspecified atom stereocenters. The van der Waals surface area contributed by atoms with Crippen molar-refractivity contribution in [3.05, 3.63) is 35.9 Å². The summed E-state index contributed by atoms with van der Waals surface area (Å²) in [6.45, 7) is 2.28. The van der Waals surface area contributed by atoms with Crippen LogP contribution in [0.1, 0.15) is 37.8 Å². The molecule has 0 saturated heterocycles. The van der Waals surface area contributed by atoms with Gasteiger partial charge in [-0.25, -0.2) is 0 Å². The lowest BCUT2D eigenvalue weighted by molar-refractivity contribution is 0.565. The molecule has 18 heavy (non-hydrogen) atoms. The van der Waals surface area contributed by atoms with Gasteiger partial charge in [-0.2, -0.15) is 0 Å². The van der Waals surface area contributed by atoms with Crippen molar-refractivity contribution in [2.24, 2.45) is 10.9 Å². The second kappa shape index (κ2) is 5.35. The fourth-order valence-corrected chi connectivity index (χ4v) is 3.49. The number of nitrogens with one attached hydrogen (secondary N) is 1. The number of amidine groups is 1. The minimum Gasteiger partial charge on any atom is -0.362 e. The van der Waals surface area contributed by atoms with Gasteiger partial charge in [0, 0.05) is 11.8 Å². The van der Waals surface area contributed by atoms with Crippen LogP contribution in [-0.2, 0) is 0 Å². The van der Waals surface area contributed by atoms with Crippen molar-refractivity contribution in [2.75, 3.05) is 5.75 Å². The molecule has 0 bridgehead atoms. The van der Waals surface area contributed by atoms with Crippen LogP contribution >= 0.6 is 11.8 Å². The fourth-order valence-electron chi connectivity index (χ4n) is 2.42. The van der Waals surface area contributed by atoms with E-state index in [1.807, 2.05) is 11.8 Å². The maximum absolute atomic E-state index is 4.79. The number of aliphatic imine (C=N–C) groups is 1. The largest absolute Gasteiger partial charge is 0.362 e. The fraction of sp³-hybridized carbons (Fsp3) is 0.533. The van der Waals surface area contributed by atoms with Gasteiger partial charge >= 0.3 is 0 Å². The highest BCUT2D eigenvalue weighted by atomic mass is 32.2. The predicted octanol–water partition coefficient (Wildman–Crippen LogP) is 3.61. The highest BCUT2D eigenvalue weighted by molar-refractivity contribution is 8.14. The smallest absolute Gasteiger partial charge is 0.157 e. The van der Waals surface area contributed by atoms with Crippen molar-refractivity contribution in [1.82, 2.24) is 5.32 Å². The molecule has 1 aliphatic carbocycles. The normalized spacial score (nSPS) is 24.7. The van der Waals surface area contributed by atoms with Crippen molar-refractivity contribution < 1.29 is 0 Å². The monoisotopic (exact) mass is 260 g/mol. The third kappa shape index (κ3) is 3.08. The number of nitrogens with zero attached hydrogens (tertiary/aromatic N) is 1. The lowest BCUT2D eigenvalue weighted by atomic mass is 10.1. The average Bonchev–Trinajstić information content (AvgIpc) is 3.06. The van der Waals surface area contributed by atoms with E-state index >= 15 is 0 Å². The number of hydrogen-bond donors (Lipinski definition) is 1. The summed E-state index contributed by atoms with van der Waals surface area (Å²) in [4.78, 5) is 4.79. The molecule has 0 spiro atoms. The Bertz CT molecular complexity index is 425. The topological polar surface area (TPSA) is 24.4 Å². The Morgan fingerprint density at radius 3 is 2.83 bits per heavy atom. The van der Waals surface area contributed by atoms with Crippen molar-refractivity contribution >= 4 is 16.9 Å². The van der Waals surface area contributed by atoms with Gasteiger partial charge in [0.1, 0.15) is 0 Å². The van der Waals surface area contributed by atoms with Crippen LogP contribution in [-0.4, -0.2) is 17.0 Å². The van der Waals surface area contributed by atoms with E-state index in [-0.39, 0.29) is 0 Å². The molecule has 1 fully saturated rings. The van der Waals surface area contributed by atoms with Gasteiger partial charge in [0.25, 0.3) is 0 Å². The van der Waals surface area contributed by atoms with Crippen LogP contribution < -0.4 is 5.32 Å². The maximum Gasteiger partial charge on any atom is 0.157 e. The second-order valence-corrected chi connectivity index (χ2v) is 6.40. The number of benzene rings is 1. The summed E-state index contributed by atoms with van der Waals surface area (Å²) < 4.78 is 0. The molecule has 1 N–H and O–H groups in total. The van der Waals surface area contributed by atoms with E-state index in [1.54, 1.807) is 0 Å². The van der Waals surface area contributed by atoms with Crippen molar-refractivity contribution in [1.29, 1.82) is 0 Å². The highest BCUT2D eigenvalue weighted by Gasteiger charge is 2.25. The zero-order valence-corrected chi connectivity index (χ0v) is 11.6. The molecule has 1 aliphatic heterocycles. The molecule has 1 aromatic rings. The van der Waals surface area contributed by atoms with Gasteiger partial charge in [0.2, 0.25) is 0 Å². The lowest BCUT2D eigenvalue weighted by Crippen LogP contribution is -2.30. The van der Waals surface area contributed by atoms with E-state index in [0.717, 1.165) is 16.8 Å². The van der Waals surface area contributed by atoms with E-state index in [0.29, 0.717) is 12.1 Å². The first-order valence-corrected chi connectivity index (χ1v) is 7.82. The van der Waals surface area contributed by atoms with Gasteiger partial charge in [0.15, 0.2) is 5.17 Å². The maximum atomic E-state index is 4.79. The van der Waals surface area contributed by atoms with Gasteiger partial charge < -0.3 is 5.32 Å². The third-order valence-corrected chi connectivity index (χ3v) is 4.57. The molecular weight excluding hydrogens is 240 g/mol. The Balaban J connectivity index is 1.57. The molecule has 1 heterocycles. The van der Waals surface area contributed by atoms with E-state index < -0.39 is 0 Å². The molecule has 2 aliphatic rings. The molecule has 3 heteroatoms. The number of thioether (sulfide) groups is 1. The minimum absolute atomic E-state index is 0.340. The highest BCUT2D eigenvalue weighted by Crippen LogP contribution is 2.34. The Hall–Kier alpha value is -0.960. The number of hydrogen-bond acceptors (Lipinski definition) is 3. The standard InChI is InChI=1S/C15H20N2S/c1-11(9-12-7-8-12)16-15-17-14(10-18-15)13-5-3-2-4-6-13/h2-6,11-12,14H,7-10H2,1H3,(H,16,17). The lowest BCUT2D eigenvalue weighted by Gasteiger charge is -2.13. The summed E-state index contributed by atoms with van der Waals surface area (Å²) >= 11 is 1.86. The van der Waals surface area contributed by atoms with Crippen molar-refractivity contribution in [2.45, 2.75) is 38.3 Å². The Morgan fingerprint density at radius 2 is 2.11 bits per heavy atom. The van der Waals surface area contributed by atoms with Crippen LogP contribution in [0.25, 0.3) is 0 Å². The first-order chi connectivity index (χ1) is 8.81. The van der Waals surface area contributed by atoms with Gasteiger partial charge in [-0.3, -0.25) is 4.99 Å². The molecule has 0 radical (unpaired) electrons. The third-order valence-electron chi connectivity index (χ3n) is 3.59. The van der Waals surface area contributed by atoms with Crippen LogP contribution in [0.2, 0.25) is 0 Å². The van der Waals surface area contributed by atoms with Gasteiger partial charge in [0.05, 0.1) is 6.04 Å². The molecule has 1 aromatic carbocycles. The summed E-state index contributed by atoms with van der Waals surface area (Å²) in [7, 11) is 0. The molecule has 1 saturated carbocycles. The summed E-state index contributed by atoms with van der Waals surface area (Å²) in [5.41, 5.74) is 1.33.